The average Bonchev–Trinajstić information content (AvgIpc) is 2.74. The summed E-state index contributed by atoms with van der Waals surface area (Å²) in [5, 5.41) is 0. The molecule has 2 N–H and O–H groups in total. The maximum atomic E-state index is 12.3. The van der Waals surface area contributed by atoms with Crippen LogP contribution in [0.5, 0.6) is 0 Å². The molecule has 1 aromatic rings. The van der Waals surface area contributed by atoms with Crippen LogP contribution < -0.4 is 5.73 Å². The van der Waals surface area contributed by atoms with Gasteiger partial charge >= 0.3 is 0 Å². The van der Waals surface area contributed by atoms with Crippen LogP contribution in [0.15, 0.2) is 12.5 Å². The molecule has 0 aliphatic heterocycles. The Labute approximate surface area is 102 Å². The van der Waals surface area contributed by atoms with E-state index < -0.39 is 0 Å². The van der Waals surface area contributed by atoms with Gasteiger partial charge in [-0.05, 0) is 12.8 Å². The number of aromatic nitrogens is 2. The number of carbonyl (C=O) groups is 1. The van der Waals surface area contributed by atoms with Crippen molar-refractivity contribution in [1.29, 1.82) is 0 Å². The van der Waals surface area contributed by atoms with Crippen LogP contribution in [0.2, 0.25) is 0 Å². The minimum atomic E-state index is 0.00681. The summed E-state index contributed by atoms with van der Waals surface area (Å²) in [5.74, 6) is 0.00681. The number of rotatable bonds is 2. The van der Waals surface area contributed by atoms with Crippen LogP contribution in [0, 0.1) is 0 Å². The van der Waals surface area contributed by atoms with Crippen molar-refractivity contribution < 1.29 is 4.79 Å². The summed E-state index contributed by atoms with van der Waals surface area (Å²) in [4.78, 5) is 18.0. The molecule has 0 spiro atoms. The Morgan fingerprint density at radius 3 is 2.82 bits per heavy atom. The van der Waals surface area contributed by atoms with Gasteiger partial charge in [0.15, 0.2) is 0 Å². The van der Waals surface area contributed by atoms with E-state index in [1.807, 2.05) is 14.1 Å². The zero-order valence-corrected chi connectivity index (χ0v) is 10.5. The fourth-order valence-corrected chi connectivity index (χ4v) is 2.52. The van der Waals surface area contributed by atoms with E-state index in [2.05, 4.69) is 4.98 Å². The number of aryl methyl sites for hydroxylation is 1. The fourth-order valence-electron chi connectivity index (χ4n) is 2.52. The van der Waals surface area contributed by atoms with Gasteiger partial charge in [0.2, 0.25) is 0 Å². The Bertz CT molecular complexity index is 401. The molecule has 0 saturated heterocycles. The third-order valence-electron chi connectivity index (χ3n) is 3.64. The summed E-state index contributed by atoms with van der Waals surface area (Å²) in [6.07, 6.45) is 7.58. The first kappa shape index (κ1) is 12.1. The highest BCUT2D eigenvalue weighted by Gasteiger charge is 2.29. The number of nitrogens with zero attached hydrogens (tertiary/aromatic N) is 3. The van der Waals surface area contributed by atoms with Crippen LogP contribution in [-0.2, 0) is 7.05 Å². The van der Waals surface area contributed by atoms with Crippen LogP contribution in [-0.4, -0.2) is 39.5 Å². The molecular weight excluding hydrogens is 216 g/mol. The molecule has 1 saturated carbocycles. The molecule has 1 fully saturated rings. The van der Waals surface area contributed by atoms with E-state index in [-0.39, 0.29) is 18.0 Å². The van der Waals surface area contributed by atoms with Crippen molar-refractivity contribution in [3.63, 3.8) is 0 Å². The lowest BCUT2D eigenvalue weighted by molar-refractivity contribution is 0.0662. The lowest BCUT2D eigenvalue weighted by Crippen LogP contribution is -2.50. The van der Waals surface area contributed by atoms with Crippen LogP contribution in [0.3, 0.4) is 0 Å². The van der Waals surface area contributed by atoms with Gasteiger partial charge in [-0.2, -0.15) is 0 Å². The lowest BCUT2D eigenvalue weighted by atomic mass is 9.90. The van der Waals surface area contributed by atoms with Crippen molar-refractivity contribution in [1.82, 2.24) is 14.5 Å². The van der Waals surface area contributed by atoms with E-state index >= 15 is 0 Å². The standard InChI is InChI=1S/C12H20N4O/c1-15-8-14-7-11(15)12(17)16(2)10-6-4-3-5-9(10)13/h7-10H,3-6,13H2,1-2H3. The zero-order valence-electron chi connectivity index (χ0n) is 10.5. The Balaban J connectivity index is 2.11. The second kappa shape index (κ2) is 4.87. The third-order valence-corrected chi connectivity index (χ3v) is 3.64. The first-order valence-corrected chi connectivity index (χ1v) is 6.10. The number of carbonyl (C=O) groups excluding carboxylic acids is 1. The molecule has 1 heterocycles. The zero-order chi connectivity index (χ0) is 12.4. The summed E-state index contributed by atoms with van der Waals surface area (Å²) < 4.78 is 1.74. The molecule has 0 bridgehead atoms. The van der Waals surface area contributed by atoms with E-state index in [0.717, 1.165) is 19.3 Å². The number of hydrogen-bond acceptors (Lipinski definition) is 3. The molecule has 2 unspecified atom stereocenters. The minimum absolute atomic E-state index is 0.00681. The van der Waals surface area contributed by atoms with Crippen molar-refractivity contribution in [2.24, 2.45) is 12.8 Å². The highest BCUT2D eigenvalue weighted by molar-refractivity contribution is 5.92. The molecule has 5 nitrogen and oxygen atoms in total. The number of nitrogens with two attached hydrogens (primary N) is 1. The number of imidazole rings is 1. The van der Waals surface area contributed by atoms with E-state index in [1.54, 1.807) is 22.0 Å². The lowest BCUT2D eigenvalue weighted by Gasteiger charge is -2.35. The highest BCUT2D eigenvalue weighted by atomic mass is 16.2. The maximum Gasteiger partial charge on any atom is 0.272 e. The highest BCUT2D eigenvalue weighted by Crippen LogP contribution is 2.22. The van der Waals surface area contributed by atoms with Gasteiger partial charge in [-0.25, -0.2) is 4.98 Å². The first-order valence-electron chi connectivity index (χ1n) is 6.10. The molecular formula is C12H20N4O. The molecule has 1 aliphatic rings. The van der Waals surface area contributed by atoms with Gasteiger partial charge in [0.1, 0.15) is 5.69 Å². The molecule has 1 amide bonds. The van der Waals surface area contributed by atoms with Crippen molar-refractivity contribution in [3.8, 4) is 0 Å². The van der Waals surface area contributed by atoms with E-state index in [1.165, 1.54) is 6.42 Å². The van der Waals surface area contributed by atoms with Crippen LogP contribution in [0.25, 0.3) is 0 Å². The molecule has 94 valence electrons. The monoisotopic (exact) mass is 236 g/mol. The normalized spacial score (nSPS) is 24.6. The summed E-state index contributed by atoms with van der Waals surface area (Å²) >= 11 is 0. The Hall–Kier alpha value is -1.36. The quantitative estimate of drug-likeness (QED) is 0.824. The fraction of sp³-hybridized carbons (Fsp3) is 0.667. The van der Waals surface area contributed by atoms with Gasteiger partial charge in [0.25, 0.3) is 5.91 Å². The molecule has 1 aromatic heterocycles. The van der Waals surface area contributed by atoms with E-state index in [4.69, 9.17) is 5.73 Å². The van der Waals surface area contributed by atoms with Gasteiger partial charge in [-0.15, -0.1) is 0 Å². The van der Waals surface area contributed by atoms with Crippen molar-refractivity contribution in [3.05, 3.63) is 18.2 Å². The molecule has 0 radical (unpaired) electrons. The summed E-state index contributed by atoms with van der Waals surface area (Å²) in [6.45, 7) is 0. The number of hydrogen-bond donors (Lipinski definition) is 1. The van der Waals surface area contributed by atoms with Crippen LogP contribution in [0.1, 0.15) is 36.2 Å². The summed E-state index contributed by atoms with van der Waals surface area (Å²) in [7, 11) is 3.67. The van der Waals surface area contributed by atoms with Gasteiger partial charge in [-0.1, -0.05) is 12.8 Å². The van der Waals surface area contributed by atoms with Crippen molar-refractivity contribution in [2.75, 3.05) is 7.05 Å². The number of amides is 1. The smallest absolute Gasteiger partial charge is 0.272 e. The second-order valence-electron chi connectivity index (χ2n) is 4.82. The Kier molecular flexibility index (Phi) is 3.47. The van der Waals surface area contributed by atoms with Gasteiger partial charge in [0, 0.05) is 26.2 Å². The van der Waals surface area contributed by atoms with Crippen molar-refractivity contribution in [2.45, 2.75) is 37.8 Å². The van der Waals surface area contributed by atoms with E-state index in [0.29, 0.717) is 5.69 Å². The predicted molar refractivity (Wildman–Crippen MR) is 65.5 cm³/mol. The molecule has 2 atom stereocenters. The molecule has 1 aliphatic carbocycles. The second-order valence-corrected chi connectivity index (χ2v) is 4.82. The van der Waals surface area contributed by atoms with Crippen molar-refractivity contribution >= 4 is 5.91 Å². The molecule has 0 aromatic carbocycles. The molecule has 5 heteroatoms. The molecule has 17 heavy (non-hydrogen) atoms. The summed E-state index contributed by atoms with van der Waals surface area (Å²) in [5.41, 5.74) is 6.71. The first-order chi connectivity index (χ1) is 8.11. The minimum Gasteiger partial charge on any atom is -0.336 e. The predicted octanol–water partition coefficient (Wildman–Crippen LogP) is 0.762. The topological polar surface area (TPSA) is 64.2 Å². The number of likely N-dealkylation sites (N-methyl/N-ethyl adjacent to an activating group) is 1. The van der Waals surface area contributed by atoms with Gasteiger partial charge in [-0.3, -0.25) is 4.79 Å². The Morgan fingerprint density at radius 1 is 1.53 bits per heavy atom. The molecule has 2 rings (SSSR count). The summed E-state index contributed by atoms with van der Waals surface area (Å²) in [6, 6.07) is 0.261. The van der Waals surface area contributed by atoms with Crippen LogP contribution in [0.4, 0.5) is 0 Å². The average molecular weight is 236 g/mol. The largest absolute Gasteiger partial charge is 0.336 e. The van der Waals surface area contributed by atoms with Crippen LogP contribution >= 0.6 is 0 Å². The maximum absolute atomic E-state index is 12.3. The van der Waals surface area contributed by atoms with Gasteiger partial charge < -0.3 is 15.2 Å². The third kappa shape index (κ3) is 2.34. The Morgan fingerprint density at radius 2 is 2.24 bits per heavy atom. The SMILES string of the molecule is CN(C(=O)c1cncn1C)C1CCCCC1N. The van der Waals surface area contributed by atoms with Gasteiger partial charge in [0.05, 0.1) is 12.5 Å². The van der Waals surface area contributed by atoms with E-state index in [9.17, 15) is 4.79 Å².